The lowest BCUT2D eigenvalue weighted by Crippen LogP contribution is -2.88. The predicted octanol–water partition coefficient (Wildman–Crippen LogP) is -3.96. The van der Waals surface area contributed by atoms with Gasteiger partial charge in [0, 0.05) is 17.2 Å². The van der Waals surface area contributed by atoms with E-state index in [0.29, 0.717) is 17.9 Å². The maximum atomic E-state index is 12.3. The number of nitrogens with zero attached hydrogens (tertiary/aromatic N) is 1. The number of nitrogens with one attached hydrogen (secondary N) is 1. The first kappa shape index (κ1) is 20.6. The Balaban J connectivity index is 1.71. The maximum Gasteiger partial charge on any atom is 0.274 e. The minimum absolute atomic E-state index is 0.00779. The lowest BCUT2D eigenvalue weighted by atomic mass is 9.79. The second-order valence-electron chi connectivity index (χ2n) is 7.35. The molecule has 3 aliphatic heterocycles. The van der Waals surface area contributed by atoms with E-state index in [1.807, 2.05) is 12.2 Å². The topological polar surface area (TPSA) is 169 Å². The summed E-state index contributed by atoms with van der Waals surface area (Å²) in [5.41, 5.74) is -0.0921. The molecule has 12 heteroatoms. The number of carboxylic acid groups (broad SMARTS) is 1. The predicted molar refractivity (Wildman–Crippen MR) is 94.7 cm³/mol. The zero-order valence-electron chi connectivity index (χ0n) is 15.0. The number of β-lactam (4-membered cyclic amide) rings is 1. The van der Waals surface area contributed by atoms with Crippen LogP contribution in [0.15, 0.2) is 10.6 Å². The van der Waals surface area contributed by atoms with Crippen molar-refractivity contribution in [1.82, 2.24) is 9.62 Å². The van der Waals surface area contributed by atoms with Crippen LogP contribution >= 0.6 is 11.8 Å². The number of quaternary nitrogens is 1. The highest BCUT2D eigenvalue weighted by Crippen LogP contribution is 2.51. The van der Waals surface area contributed by atoms with Crippen molar-refractivity contribution in [2.24, 2.45) is 17.0 Å². The molecule has 10 nitrogen and oxygen atoms in total. The average molecular weight is 421 g/mol. The zero-order valence-corrected chi connectivity index (χ0v) is 16.6. The van der Waals surface area contributed by atoms with Gasteiger partial charge in [-0.2, -0.15) is 13.1 Å². The molecule has 2 fully saturated rings. The Morgan fingerprint density at radius 2 is 2.22 bits per heavy atom. The van der Waals surface area contributed by atoms with Gasteiger partial charge in [-0.3, -0.25) is 4.79 Å². The Hall–Kier alpha value is -1.18. The van der Waals surface area contributed by atoms with Crippen molar-refractivity contribution < 1.29 is 33.5 Å². The Labute approximate surface area is 161 Å². The SMILES string of the molecule is C[C@@H](O)[C@H]1C(=O)N2C(C(=O)[O-])=C(S[C@H]3C[NH2+][C@H](CNS(N)(=O)=O)C3)[C@H](C)[C@H]12. The highest BCUT2D eigenvalue weighted by Gasteiger charge is 2.59. The van der Waals surface area contributed by atoms with Gasteiger partial charge in [0.1, 0.15) is 6.04 Å². The van der Waals surface area contributed by atoms with Crippen LogP contribution in [0.2, 0.25) is 0 Å². The highest BCUT2D eigenvalue weighted by atomic mass is 32.2. The largest absolute Gasteiger partial charge is 0.543 e. The monoisotopic (exact) mass is 420 g/mol. The molecule has 0 aromatic rings. The summed E-state index contributed by atoms with van der Waals surface area (Å²) in [5, 5.41) is 28.5. The average Bonchev–Trinajstić information content (AvgIpc) is 3.07. The fourth-order valence-electron chi connectivity index (χ4n) is 4.21. The Morgan fingerprint density at radius 3 is 2.78 bits per heavy atom. The van der Waals surface area contributed by atoms with E-state index in [-0.39, 0.29) is 41.4 Å². The zero-order chi connectivity index (χ0) is 20.1. The molecule has 1 amide bonds. The normalized spacial score (nSPS) is 34.6. The number of nitrogens with two attached hydrogens (primary N) is 2. The van der Waals surface area contributed by atoms with Gasteiger partial charge in [0.05, 0.1) is 48.1 Å². The molecule has 27 heavy (non-hydrogen) atoms. The molecule has 0 unspecified atom stereocenters. The van der Waals surface area contributed by atoms with Gasteiger partial charge >= 0.3 is 0 Å². The number of carbonyl (C=O) groups is 2. The molecule has 6 N–H and O–H groups in total. The maximum absolute atomic E-state index is 12.3. The van der Waals surface area contributed by atoms with Gasteiger partial charge in [-0.15, -0.1) is 11.8 Å². The first-order chi connectivity index (χ1) is 12.5. The second-order valence-corrected chi connectivity index (χ2v) is 10.1. The smallest absolute Gasteiger partial charge is 0.274 e. The summed E-state index contributed by atoms with van der Waals surface area (Å²) in [7, 11) is -3.75. The van der Waals surface area contributed by atoms with E-state index in [0.717, 1.165) is 0 Å². The van der Waals surface area contributed by atoms with E-state index in [1.54, 1.807) is 0 Å². The van der Waals surface area contributed by atoms with E-state index >= 15 is 0 Å². The lowest BCUT2D eigenvalue weighted by Gasteiger charge is -2.47. The van der Waals surface area contributed by atoms with E-state index in [1.165, 1.54) is 23.6 Å². The molecule has 2 saturated heterocycles. The molecule has 152 valence electrons. The molecule has 0 radical (unpaired) electrons. The summed E-state index contributed by atoms with van der Waals surface area (Å²) in [4.78, 5) is 25.8. The molecule has 0 bridgehead atoms. The van der Waals surface area contributed by atoms with Gasteiger partial charge in [-0.1, -0.05) is 6.92 Å². The van der Waals surface area contributed by atoms with E-state index in [2.05, 4.69) is 4.72 Å². The van der Waals surface area contributed by atoms with Crippen molar-refractivity contribution in [3.8, 4) is 0 Å². The molecule has 0 saturated carbocycles. The highest BCUT2D eigenvalue weighted by molar-refractivity contribution is 8.03. The summed E-state index contributed by atoms with van der Waals surface area (Å²) >= 11 is 1.40. The first-order valence-corrected chi connectivity index (χ1v) is 11.2. The van der Waals surface area contributed by atoms with Gasteiger partial charge < -0.3 is 25.2 Å². The molecule has 0 aromatic carbocycles. The number of hydrogen-bond acceptors (Lipinski definition) is 7. The second kappa shape index (κ2) is 7.33. The summed E-state index contributed by atoms with van der Waals surface area (Å²) in [6, 6.07) is -0.355. The van der Waals surface area contributed by atoms with Gasteiger partial charge in [0.15, 0.2) is 0 Å². The van der Waals surface area contributed by atoms with Crippen LogP contribution in [0.4, 0.5) is 0 Å². The van der Waals surface area contributed by atoms with Crippen LogP contribution in [0.1, 0.15) is 20.3 Å². The summed E-state index contributed by atoms with van der Waals surface area (Å²) in [5.74, 6) is -2.58. The van der Waals surface area contributed by atoms with Crippen LogP contribution in [0, 0.1) is 11.8 Å². The van der Waals surface area contributed by atoms with Crippen LogP contribution in [0.5, 0.6) is 0 Å². The van der Waals surface area contributed by atoms with Gasteiger partial charge in [0.2, 0.25) is 5.91 Å². The Morgan fingerprint density at radius 1 is 1.56 bits per heavy atom. The fourth-order valence-corrected chi connectivity index (χ4v) is 6.21. The third kappa shape index (κ3) is 3.87. The molecule has 0 aromatic heterocycles. The third-order valence-electron chi connectivity index (χ3n) is 5.44. The van der Waals surface area contributed by atoms with Crippen molar-refractivity contribution in [2.75, 3.05) is 13.1 Å². The number of carbonyl (C=O) groups excluding carboxylic acids is 2. The molecule has 3 aliphatic rings. The fraction of sp³-hybridized carbons (Fsp3) is 0.733. The summed E-state index contributed by atoms with van der Waals surface area (Å²) in [6.45, 7) is 4.29. The molecule has 0 spiro atoms. The molecule has 3 heterocycles. The minimum atomic E-state index is -3.75. The molecular formula is C15H24N4O6S2. The number of carboxylic acids is 1. The quantitative estimate of drug-likeness (QED) is 0.304. The molecule has 3 rings (SSSR count). The Kier molecular flexibility index (Phi) is 5.58. The minimum Gasteiger partial charge on any atom is -0.543 e. The van der Waals surface area contributed by atoms with Crippen molar-refractivity contribution >= 4 is 33.8 Å². The standard InChI is InChI=1S/C15H24N4O6S2/c1-6-11-10(7(2)20)14(21)19(11)12(15(22)23)13(6)26-9-3-8(17-5-9)4-18-27(16,24)25/h6-11,17-18,20H,3-5H2,1-2H3,(H,22,23)(H2,16,24,25)/t6-,7-,8+,9-,10-,11-/m1/s1. The molecule has 0 aliphatic carbocycles. The van der Waals surface area contributed by atoms with Crippen molar-refractivity contribution in [2.45, 2.75) is 43.7 Å². The van der Waals surface area contributed by atoms with Gasteiger partial charge in [0.25, 0.3) is 10.2 Å². The summed E-state index contributed by atoms with van der Waals surface area (Å²) < 4.78 is 24.3. The number of aliphatic hydroxyl groups is 1. The summed E-state index contributed by atoms with van der Waals surface area (Å²) in [6.07, 6.45) is -0.177. The van der Waals surface area contributed by atoms with Crippen LogP contribution < -0.4 is 20.3 Å². The van der Waals surface area contributed by atoms with Crippen molar-refractivity contribution in [3.05, 3.63) is 10.6 Å². The number of thioether (sulfide) groups is 1. The number of aliphatic carboxylic acids is 1. The van der Waals surface area contributed by atoms with Crippen LogP contribution in [0.3, 0.4) is 0 Å². The third-order valence-corrected chi connectivity index (χ3v) is 7.55. The molecule has 6 atom stereocenters. The van der Waals surface area contributed by atoms with Gasteiger partial charge in [-0.25, -0.2) is 5.14 Å². The van der Waals surface area contributed by atoms with E-state index in [4.69, 9.17) is 5.14 Å². The van der Waals surface area contributed by atoms with Crippen molar-refractivity contribution in [3.63, 3.8) is 0 Å². The number of rotatable bonds is 7. The number of aliphatic hydroxyl groups excluding tert-OH is 1. The first-order valence-electron chi connectivity index (χ1n) is 8.75. The molecular weight excluding hydrogens is 396 g/mol. The van der Waals surface area contributed by atoms with Gasteiger partial charge in [-0.05, 0) is 6.92 Å². The number of amides is 1. The number of fused-ring (bicyclic) bond motifs is 1. The number of hydrogen-bond donors (Lipinski definition) is 4. The van der Waals surface area contributed by atoms with Crippen molar-refractivity contribution in [1.29, 1.82) is 0 Å². The lowest BCUT2D eigenvalue weighted by molar-refractivity contribution is -0.667. The van der Waals surface area contributed by atoms with Crippen LogP contribution in [-0.2, 0) is 19.8 Å². The van der Waals surface area contributed by atoms with Crippen LogP contribution in [0.25, 0.3) is 0 Å². The van der Waals surface area contributed by atoms with Crippen LogP contribution in [-0.4, -0.2) is 66.8 Å². The Bertz CT molecular complexity index is 783. The van der Waals surface area contributed by atoms with E-state index < -0.39 is 28.2 Å². The van der Waals surface area contributed by atoms with E-state index in [9.17, 15) is 28.2 Å².